The number of carboxylic acid groups (broad SMARTS) is 1. The average Bonchev–Trinajstić information content (AvgIpc) is 1.87. The highest BCUT2D eigenvalue weighted by Crippen LogP contribution is 2.08. The topological polar surface area (TPSA) is 74.6 Å². The third-order valence-electron chi connectivity index (χ3n) is 0.606. The minimum Gasteiger partial charge on any atom is -0.479 e. The van der Waals surface area contributed by atoms with Gasteiger partial charge in [-0.2, -0.15) is 0 Å². The molecule has 2 N–H and O–H groups in total. The fraction of sp³-hybridized carbons (Fsp3) is 0.200. The maximum absolute atomic E-state index is 10.3. The summed E-state index contributed by atoms with van der Waals surface area (Å²) in [5.74, 6) is -1.43. The van der Waals surface area contributed by atoms with Crippen LogP contribution in [0.1, 0.15) is 0 Å². The maximum Gasteiger partial charge on any atom is 0.343 e. The third kappa shape index (κ3) is 3.26. The molecule has 0 saturated carbocycles. The summed E-state index contributed by atoms with van der Waals surface area (Å²) in [7, 11) is 0. The van der Waals surface area contributed by atoms with Crippen molar-refractivity contribution >= 4 is 22.8 Å². The molecule has 1 atom stereocenters. The summed E-state index contributed by atoms with van der Waals surface area (Å²) in [4.78, 5) is 20.2. The molecule has 0 radical (unpaired) electrons. The molecule has 0 saturated heterocycles. The van der Waals surface area contributed by atoms with E-state index in [1.54, 1.807) is 0 Å². The van der Waals surface area contributed by atoms with E-state index in [2.05, 4.69) is 6.58 Å². The van der Waals surface area contributed by atoms with Crippen molar-refractivity contribution in [1.29, 1.82) is 0 Å². The number of carbonyl (C=O) groups is 2. The van der Waals surface area contributed by atoms with Gasteiger partial charge >= 0.3 is 5.97 Å². The van der Waals surface area contributed by atoms with Gasteiger partial charge in [0.15, 0.2) is 0 Å². The highest BCUT2D eigenvalue weighted by atomic mass is 32.2. The first-order valence-corrected chi connectivity index (χ1v) is 3.20. The van der Waals surface area contributed by atoms with Gasteiger partial charge in [0.1, 0.15) is 0 Å². The van der Waals surface area contributed by atoms with Crippen molar-refractivity contribution < 1.29 is 19.8 Å². The molecule has 0 bridgehead atoms. The molecular weight excluding hydrogens is 156 g/mol. The predicted octanol–water partition coefficient (Wildman–Crippen LogP) is -0.165. The van der Waals surface area contributed by atoms with Crippen LogP contribution in [0.25, 0.3) is 0 Å². The summed E-state index contributed by atoms with van der Waals surface area (Å²) >= 11 is 0.307. The third-order valence-corrected chi connectivity index (χ3v) is 1.43. The molecular formula is C5H6O4S. The molecule has 0 spiro atoms. The summed E-state index contributed by atoms with van der Waals surface area (Å²) < 4.78 is 0. The largest absolute Gasteiger partial charge is 0.479 e. The zero-order valence-corrected chi connectivity index (χ0v) is 5.80. The van der Waals surface area contributed by atoms with Crippen molar-refractivity contribution in [3.63, 3.8) is 0 Å². The van der Waals surface area contributed by atoms with Crippen molar-refractivity contribution in [1.82, 2.24) is 0 Å². The van der Waals surface area contributed by atoms with Gasteiger partial charge in [-0.3, -0.25) is 4.79 Å². The molecule has 0 heterocycles. The number of carbonyl (C=O) groups excluding carboxylic acids is 1. The van der Waals surface area contributed by atoms with Crippen LogP contribution in [0, 0.1) is 0 Å². The van der Waals surface area contributed by atoms with Crippen LogP contribution in [-0.2, 0) is 9.59 Å². The fourth-order valence-corrected chi connectivity index (χ4v) is 0.626. The zero-order chi connectivity index (χ0) is 8.15. The highest BCUT2D eigenvalue weighted by molar-refractivity contribution is 8.14. The molecule has 0 aromatic carbocycles. The Morgan fingerprint density at radius 1 is 1.60 bits per heavy atom. The summed E-state index contributed by atoms with van der Waals surface area (Å²) in [5, 5.41) is 16.0. The first-order valence-electron chi connectivity index (χ1n) is 2.32. The van der Waals surface area contributed by atoms with E-state index in [9.17, 15) is 9.59 Å². The van der Waals surface area contributed by atoms with Crippen LogP contribution in [0.3, 0.4) is 0 Å². The van der Waals surface area contributed by atoms with Crippen LogP contribution in [0.2, 0.25) is 0 Å². The van der Waals surface area contributed by atoms with Gasteiger partial charge in [0, 0.05) is 0 Å². The molecule has 0 aromatic heterocycles. The van der Waals surface area contributed by atoms with E-state index in [0.29, 0.717) is 11.8 Å². The number of thioether (sulfide) groups is 1. The van der Waals surface area contributed by atoms with Crippen LogP contribution in [0.4, 0.5) is 0 Å². The van der Waals surface area contributed by atoms with Crippen molar-refractivity contribution in [3.05, 3.63) is 12.7 Å². The standard InChI is InChI=1S/C5H6O4S/c1-2-3(6)10-5(9)4(7)8/h2,5,9H,1H2,(H,7,8). The van der Waals surface area contributed by atoms with Gasteiger partial charge in [0.2, 0.25) is 10.6 Å². The summed E-state index contributed by atoms with van der Waals surface area (Å²) in [6, 6.07) is 0. The lowest BCUT2D eigenvalue weighted by Crippen LogP contribution is -2.16. The van der Waals surface area contributed by atoms with E-state index in [0.717, 1.165) is 6.08 Å². The molecule has 0 rings (SSSR count). The maximum atomic E-state index is 10.3. The second kappa shape index (κ2) is 4.08. The van der Waals surface area contributed by atoms with Gasteiger partial charge in [0.25, 0.3) is 0 Å². The van der Waals surface area contributed by atoms with Gasteiger partial charge < -0.3 is 10.2 Å². The Morgan fingerprint density at radius 3 is 2.40 bits per heavy atom. The van der Waals surface area contributed by atoms with E-state index >= 15 is 0 Å². The molecule has 0 amide bonds. The van der Waals surface area contributed by atoms with Crippen molar-refractivity contribution in [3.8, 4) is 0 Å². The Morgan fingerprint density at radius 2 is 2.10 bits per heavy atom. The van der Waals surface area contributed by atoms with E-state index in [-0.39, 0.29) is 0 Å². The van der Waals surface area contributed by atoms with Crippen molar-refractivity contribution in [2.45, 2.75) is 5.44 Å². The number of rotatable bonds is 3. The van der Waals surface area contributed by atoms with Gasteiger partial charge in [-0.05, 0) is 17.8 Å². The zero-order valence-electron chi connectivity index (χ0n) is 4.98. The van der Waals surface area contributed by atoms with Crippen LogP contribution in [-0.4, -0.2) is 26.7 Å². The molecule has 4 nitrogen and oxygen atoms in total. The highest BCUT2D eigenvalue weighted by Gasteiger charge is 2.16. The molecule has 0 aliphatic carbocycles. The molecule has 1 unspecified atom stereocenters. The Balaban J connectivity index is 3.79. The van der Waals surface area contributed by atoms with Crippen LogP contribution < -0.4 is 0 Å². The summed E-state index contributed by atoms with van der Waals surface area (Å²) in [6.07, 6.45) is 0.941. The SMILES string of the molecule is C=CC(=O)SC(O)C(=O)O. The minimum atomic E-state index is -1.69. The average molecular weight is 162 g/mol. The second-order valence-corrected chi connectivity index (χ2v) is 2.42. The van der Waals surface area contributed by atoms with Gasteiger partial charge in [0.05, 0.1) is 0 Å². The Bertz CT molecular complexity index is 165. The van der Waals surface area contributed by atoms with E-state index in [4.69, 9.17) is 10.2 Å². The van der Waals surface area contributed by atoms with Crippen molar-refractivity contribution in [2.24, 2.45) is 0 Å². The number of carboxylic acids is 1. The molecule has 5 heteroatoms. The lowest BCUT2D eigenvalue weighted by Gasteiger charge is -1.98. The van der Waals surface area contributed by atoms with Crippen LogP contribution in [0.15, 0.2) is 12.7 Å². The number of hydrogen-bond acceptors (Lipinski definition) is 4. The van der Waals surface area contributed by atoms with Crippen LogP contribution >= 0.6 is 11.8 Å². The van der Waals surface area contributed by atoms with Gasteiger partial charge in [-0.15, -0.1) is 0 Å². The van der Waals surface area contributed by atoms with Gasteiger partial charge in [-0.25, -0.2) is 4.79 Å². The Hall–Kier alpha value is -0.810. The van der Waals surface area contributed by atoms with Gasteiger partial charge in [-0.1, -0.05) is 6.58 Å². The molecule has 56 valence electrons. The Kier molecular flexibility index (Phi) is 3.75. The van der Waals surface area contributed by atoms with E-state index < -0.39 is 16.5 Å². The predicted molar refractivity (Wildman–Crippen MR) is 36.4 cm³/mol. The van der Waals surface area contributed by atoms with E-state index in [1.165, 1.54) is 0 Å². The summed E-state index contributed by atoms with van der Waals surface area (Å²) in [5.41, 5.74) is -1.69. The molecule has 0 aromatic rings. The van der Waals surface area contributed by atoms with E-state index in [1.807, 2.05) is 0 Å². The monoisotopic (exact) mass is 162 g/mol. The fourth-order valence-electron chi connectivity index (χ4n) is 0.209. The minimum absolute atomic E-state index is 0.307. The number of aliphatic hydroxyl groups excluding tert-OH is 1. The quantitative estimate of drug-likeness (QED) is 0.445. The lowest BCUT2D eigenvalue weighted by atomic mass is 10.7. The summed E-state index contributed by atoms with van der Waals surface area (Å²) in [6.45, 7) is 3.10. The molecule has 0 fully saturated rings. The van der Waals surface area contributed by atoms with Crippen LogP contribution in [0.5, 0.6) is 0 Å². The first-order chi connectivity index (χ1) is 4.57. The number of aliphatic carboxylic acids is 1. The molecule has 10 heavy (non-hydrogen) atoms. The normalized spacial score (nSPS) is 12.1. The Labute approximate surface area is 61.5 Å². The first kappa shape index (κ1) is 9.19. The number of aliphatic hydroxyl groups is 1. The smallest absolute Gasteiger partial charge is 0.343 e. The second-order valence-electron chi connectivity index (χ2n) is 1.33. The molecule has 0 aliphatic rings. The number of hydrogen-bond donors (Lipinski definition) is 2. The molecule has 0 aliphatic heterocycles. The lowest BCUT2D eigenvalue weighted by molar-refractivity contribution is -0.142. The van der Waals surface area contributed by atoms with Crippen molar-refractivity contribution in [2.75, 3.05) is 0 Å².